The van der Waals surface area contributed by atoms with Crippen molar-refractivity contribution in [2.45, 2.75) is 13.0 Å². The minimum atomic E-state index is -1.08. The number of carboxylic acid groups (broad SMARTS) is 1. The van der Waals surface area contributed by atoms with E-state index in [2.05, 4.69) is 5.32 Å². The summed E-state index contributed by atoms with van der Waals surface area (Å²) in [6.45, 7) is 1.89. The molecule has 2 amide bonds. The Balaban J connectivity index is 2.07. The first-order valence-electron chi connectivity index (χ1n) is 9.40. The molecule has 162 valence electrons. The number of carboxylic acids is 1. The molecule has 0 aromatic heterocycles. The van der Waals surface area contributed by atoms with Gasteiger partial charge < -0.3 is 19.9 Å². The maximum atomic E-state index is 13.0. The number of nitrogens with zero attached hydrogens (tertiary/aromatic N) is 1. The number of esters is 1. The number of allylic oxidation sites excluding steroid dienone is 1. The molecule has 2 aromatic rings. The molecule has 1 atom stereocenters. The highest BCUT2D eigenvalue weighted by Crippen LogP contribution is 2.36. The van der Waals surface area contributed by atoms with E-state index in [1.54, 1.807) is 31.2 Å². The van der Waals surface area contributed by atoms with E-state index in [-0.39, 0.29) is 24.4 Å². The molecule has 0 aliphatic carbocycles. The van der Waals surface area contributed by atoms with Crippen LogP contribution in [0.4, 0.5) is 10.5 Å². The van der Waals surface area contributed by atoms with Crippen molar-refractivity contribution in [3.05, 3.63) is 76.0 Å². The van der Waals surface area contributed by atoms with Crippen LogP contribution in [0.25, 0.3) is 0 Å². The monoisotopic (exact) mass is 444 g/mol. The largest absolute Gasteiger partial charge is 0.478 e. The quantitative estimate of drug-likeness (QED) is 0.497. The van der Waals surface area contributed by atoms with Crippen LogP contribution < -0.4 is 10.2 Å². The van der Waals surface area contributed by atoms with Crippen LogP contribution in [0.5, 0.6) is 0 Å². The average Bonchev–Trinajstić information content (AvgIpc) is 2.74. The third-order valence-corrected chi connectivity index (χ3v) is 5.16. The number of halogens is 1. The molecule has 9 heteroatoms. The minimum absolute atomic E-state index is 0.0443. The Morgan fingerprint density at radius 3 is 2.42 bits per heavy atom. The van der Waals surface area contributed by atoms with Gasteiger partial charge in [0.1, 0.15) is 6.61 Å². The number of benzene rings is 2. The molecule has 3 rings (SSSR count). The first-order chi connectivity index (χ1) is 14.8. The summed E-state index contributed by atoms with van der Waals surface area (Å²) in [4.78, 5) is 38.4. The van der Waals surface area contributed by atoms with Crippen molar-refractivity contribution in [2.75, 3.05) is 25.2 Å². The van der Waals surface area contributed by atoms with Gasteiger partial charge in [-0.1, -0.05) is 29.8 Å². The number of anilines is 1. The van der Waals surface area contributed by atoms with E-state index >= 15 is 0 Å². The average molecular weight is 445 g/mol. The summed E-state index contributed by atoms with van der Waals surface area (Å²) >= 11 is 6.34. The molecule has 1 aliphatic rings. The first-order valence-corrected chi connectivity index (χ1v) is 9.78. The molecule has 1 heterocycles. The molecule has 0 saturated carbocycles. The number of hydrogen-bond donors (Lipinski definition) is 2. The molecule has 31 heavy (non-hydrogen) atoms. The van der Waals surface area contributed by atoms with Crippen LogP contribution in [0.15, 0.2) is 59.8 Å². The molecular weight excluding hydrogens is 424 g/mol. The van der Waals surface area contributed by atoms with Crippen LogP contribution in [-0.2, 0) is 14.3 Å². The van der Waals surface area contributed by atoms with Gasteiger partial charge in [0.05, 0.1) is 29.5 Å². The Morgan fingerprint density at radius 2 is 1.81 bits per heavy atom. The normalized spacial score (nSPS) is 16.2. The summed E-state index contributed by atoms with van der Waals surface area (Å²) in [7, 11) is 1.49. The number of aromatic carboxylic acids is 1. The number of carbonyl (C=O) groups excluding carboxylic acids is 2. The molecule has 0 radical (unpaired) electrons. The van der Waals surface area contributed by atoms with E-state index < -0.39 is 24.0 Å². The van der Waals surface area contributed by atoms with Gasteiger partial charge in [-0.2, -0.15) is 0 Å². The predicted molar refractivity (Wildman–Crippen MR) is 114 cm³/mol. The Morgan fingerprint density at radius 1 is 1.13 bits per heavy atom. The number of urea groups is 1. The maximum Gasteiger partial charge on any atom is 0.338 e. The highest BCUT2D eigenvalue weighted by Gasteiger charge is 2.38. The summed E-state index contributed by atoms with van der Waals surface area (Å²) in [6, 6.07) is 11.4. The SMILES string of the molecule is COCCOC(=O)C1=C(C)N(c2ccc(C(=O)O)cc2)C(=O)N[C@@H]1c1ccccc1Cl. The number of ether oxygens (including phenoxy) is 2. The van der Waals surface area contributed by atoms with Crippen molar-refractivity contribution < 1.29 is 29.0 Å². The van der Waals surface area contributed by atoms with Gasteiger partial charge in [0.25, 0.3) is 0 Å². The van der Waals surface area contributed by atoms with Crippen molar-refractivity contribution in [3.8, 4) is 0 Å². The van der Waals surface area contributed by atoms with Crippen molar-refractivity contribution in [2.24, 2.45) is 0 Å². The fraction of sp³-hybridized carbons (Fsp3) is 0.227. The summed E-state index contributed by atoms with van der Waals surface area (Å²) in [5, 5.41) is 12.3. The second-order valence-corrected chi connectivity index (χ2v) is 7.13. The third kappa shape index (κ3) is 4.70. The molecule has 0 unspecified atom stereocenters. The predicted octanol–water partition coefficient (Wildman–Crippen LogP) is 3.77. The van der Waals surface area contributed by atoms with Crippen LogP contribution in [-0.4, -0.2) is 43.4 Å². The fourth-order valence-corrected chi connectivity index (χ4v) is 3.55. The second-order valence-electron chi connectivity index (χ2n) is 6.72. The smallest absolute Gasteiger partial charge is 0.338 e. The van der Waals surface area contributed by atoms with Gasteiger partial charge in [-0.3, -0.25) is 4.90 Å². The van der Waals surface area contributed by atoms with Crippen molar-refractivity contribution in [1.29, 1.82) is 0 Å². The zero-order chi connectivity index (χ0) is 22.5. The maximum absolute atomic E-state index is 13.0. The highest BCUT2D eigenvalue weighted by atomic mass is 35.5. The van der Waals surface area contributed by atoms with Crippen LogP contribution in [0, 0.1) is 0 Å². The Kier molecular flexibility index (Phi) is 6.94. The van der Waals surface area contributed by atoms with Crippen molar-refractivity contribution in [3.63, 3.8) is 0 Å². The molecule has 0 saturated heterocycles. The van der Waals surface area contributed by atoms with Gasteiger partial charge >= 0.3 is 18.0 Å². The zero-order valence-electron chi connectivity index (χ0n) is 16.9. The number of amides is 2. The van der Waals surface area contributed by atoms with Crippen LogP contribution >= 0.6 is 11.6 Å². The van der Waals surface area contributed by atoms with Gasteiger partial charge in [-0.25, -0.2) is 14.4 Å². The topological polar surface area (TPSA) is 105 Å². The van der Waals surface area contributed by atoms with Crippen LogP contribution in [0.2, 0.25) is 5.02 Å². The Bertz CT molecular complexity index is 1030. The molecule has 0 bridgehead atoms. The lowest BCUT2D eigenvalue weighted by Crippen LogP contribution is -2.48. The van der Waals surface area contributed by atoms with Crippen LogP contribution in [0.3, 0.4) is 0 Å². The molecule has 2 N–H and O–H groups in total. The molecular formula is C22H21ClN2O6. The van der Waals surface area contributed by atoms with Gasteiger partial charge in [-0.15, -0.1) is 0 Å². The van der Waals surface area contributed by atoms with Gasteiger partial charge in [0.2, 0.25) is 0 Å². The van der Waals surface area contributed by atoms with Gasteiger partial charge in [0.15, 0.2) is 0 Å². The van der Waals surface area contributed by atoms with Gasteiger partial charge in [-0.05, 0) is 42.8 Å². The fourth-order valence-electron chi connectivity index (χ4n) is 3.31. The first kappa shape index (κ1) is 22.3. The minimum Gasteiger partial charge on any atom is -0.478 e. The Labute approximate surface area is 184 Å². The van der Waals surface area contributed by atoms with E-state index in [4.69, 9.17) is 26.2 Å². The lowest BCUT2D eigenvalue weighted by Gasteiger charge is -2.35. The number of nitrogens with one attached hydrogen (secondary N) is 1. The summed E-state index contributed by atoms with van der Waals surface area (Å²) in [5.74, 6) is -1.70. The summed E-state index contributed by atoms with van der Waals surface area (Å²) < 4.78 is 10.3. The van der Waals surface area contributed by atoms with Gasteiger partial charge in [0, 0.05) is 17.8 Å². The van der Waals surface area contributed by atoms with E-state index in [1.807, 2.05) is 0 Å². The third-order valence-electron chi connectivity index (χ3n) is 4.81. The highest BCUT2D eigenvalue weighted by molar-refractivity contribution is 6.31. The number of hydrogen-bond acceptors (Lipinski definition) is 5. The molecule has 1 aliphatic heterocycles. The standard InChI is InChI=1S/C22H21ClN2O6/c1-13-18(21(28)31-12-11-30-2)19(16-5-3-4-6-17(16)23)24-22(29)25(13)15-9-7-14(8-10-15)20(26)27/h3-10,19H,11-12H2,1-2H3,(H,24,29)(H,26,27)/t19-/m1/s1. The van der Waals surface area contributed by atoms with E-state index in [1.165, 1.54) is 36.3 Å². The van der Waals surface area contributed by atoms with Crippen molar-refractivity contribution >= 4 is 35.3 Å². The summed E-state index contributed by atoms with van der Waals surface area (Å²) in [6.07, 6.45) is 0. The number of carbonyl (C=O) groups is 3. The number of methoxy groups -OCH3 is 1. The second kappa shape index (κ2) is 9.63. The molecule has 0 fully saturated rings. The number of rotatable bonds is 7. The van der Waals surface area contributed by atoms with E-state index in [0.29, 0.717) is 22.0 Å². The molecule has 8 nitrogen and oxygen atoms in total. The lowest BCUT2D eigenvalue weighted by molar-refractivity contribution is -0.140. The molecule has 0 spiro atoms. The Hall–Kier alpha value is -3.36. The molecule has 2 aromatic carbocycles. The zero-order valence-corrected chi connectivity index (χ0v) is 17.7. The van der Waals surface area contributed by atoms with E-state index in [9.17, 15) is 14.4 Å². The van der Waals surface area contributed by atoms with E-state index in [0.717, 1.165) is 0 Å². The van der Waals surface area contributed by atoms with Crippen molar-refractivity contribution in [1.82, 2.24) is 5.32 Å². The van der Waals surface area contributed by atoms with Crippen LogP contribution in [0.1, 0.15) is 28.9 Å². The lowest BCUT2D eigenvalue weighted by atomic mass is 9.94. The summed E-state index contributed by atoms with van der Waals surface area (Å²) in [5.41, 5.74) is 1.59.